The third-order valence-corrected chi connectivity index (χ3v) is 11.6. The molecule has 3 saturated carbocycles. The van der Waals surface area contributed by atoms with Crippen molar-refractivity contribution >= 4 is 0 Å². The average molecular weight is 466 g/mol. The van der Waals surface area contributed by atoms with Gasteiger partial charge in [0.2, 0.25) is 0 Å². The Labute approximate surface area is 207 Å². The van der Waals surface area contributed by atoms with Crippen LogP contribution in [0.25, 0.3) is 0 Å². The van der Waals surface area contributed by atoms with E-state index in [-0.39, 0.29) is 0 Å². The van der Waals surface area contributed by atoms with E-state index >= 15 is 0 Å². The Balaban J connectivity index is 1.28. The molecular formula is C31H47NO2. The molecule has 3 heteroatoms. The van der Waals surface area contributed by atoms with Crippen LogP contribution in [0.15, 0.2) is 36.0 Å². The van der Waals surface area contributed by atoms with E-state index in [0.717, 1.165) is 61.5 Å². The lowest BCUT2D eigenvalue weighted by Gasteiger charge is -2.59. The molecule has 0 saturated heterocycles. The second-order valence-corrected chi connectivity index (χ2v) is 13.1. The van der Waals surface area contributed by atoms with Gasteiger partial charge in [0.05, 0.1) is 17.4 Å². The van der Waals surface area contributed by atoms with Crippen LogP contribution in [0.2, 0.25) is 0 Å². The summed E-state index contributed by atoms with van der Waals surface area (Å²) in [5, 5.41) is 21.7. The summed E-state index contributed by atoms with van der Waals surface area (Å²) in [6.45, 7) is 9.76. The van der Waals surface area contributed by atoms with Crippen molar-refractivity contribution in [1.82, 2.24) is 4.98 Å². The molecule has 0 aromatic carbocycles. The topological polar surface area (TPSA) is 53.4 Å². The maximum atomic E-state index is 11.0. The van der Waals surface area contributed by atoms with Crippen LogP contribution in [0, 0.1) is 40.4 Å². The van der Waals surface area contributed by atoms with Gasteiger partial charge in [0.1, 0.15) is 0 Å². The maximum absolute atomic E-state index is 11.0. The van der Waals surface area contributed by atoms with Gasteiger partial charge in [-0.15, -0.1) is 0 Å². The predicted molar refractivity (Wildman–Crippen MR) is 138 cm³/mol. The van der Waals surface area contributed by atoms with Gasteiger partial charge < -0.3 is 10.2 Å². The van der Waals surface area contributed by atoms with Crippen LogP contribution in [0.1, 0.15) is 110 Å². The molecule has 0 spiro atoms. The number of aliphatic hydroxyl groups is 2. The molecule has 188 valence electrons. The SMILES string of the molecule is CC[C@]1(O)CC[C@@]2(C)C(=CC[C@H]3[C@@H]4CC[C@H]([C@H](C)CC[C@H](O)c5ccccn5)[C@@]4(C)CC[C@@H]32)C1. The molecule has 3 nitrogen and oxygen atoms in total. The average Bonchev–Trinajstić information content (AvgIpc) is 3.20. The fraction of sp³-hybridized carbons (Fsp3) is 0.774. The first kappa shape index (κ1) is 24.5. The van der Waals surface area contributed by atoms with Gasteiger partial charge in [-0.25, -0.2) is 0 Å². The number of hydrogen-bond donors (Lipinski definition) is 2. The van der Waals surface area contributed by atoms with Crippen LogP contribution in [-0.2, 0) is 0 Å². The minimum absolute atomic E-state index is 0.308. The summed E-state index contributed by atoms with van der Waals surface area (Å²) in [4.78, 5) is 4.36. The molecule has 1 heterocycles. The van der Waals surface area contributed by atoms with E-state index in [0.29, 0.717) is 16.7 Å². The largest absolute Gasteiger partial charge is 0.390 e. The summed E-state index contributed by atoms with van der Waals surface area (Å²) in [6.07, 6.45) is 16.4. The molecule has 4 aliphatic carbocycles. The highest BCUT2D eigenvalue weighted by Gasteiger charge is 2.59. The number of pyridine rings is 1. The standard InChI is InChI=1S/C31H47NO2/c1-5-31(34)18-17-29(3)22(20-31)10-11-23-25-13-12-24(30(25,4)16-15-26(23)29)21(2)9-14-28(33)27-8-6-7-19-32-27/h6-8,10,19,21,23-26,28,33-34H,5,9,11-18,20H2,1-4H3/t21-,23+,24-,25+,26+,28+,29+,30-,31+/m1/s1. The van der Waals surface area contributed by atoms with Crippen LogP contribution < -0.4 is 0 Å². The van der Waals surface area contributed by atoms with Gasteiger partial charge in [0, 0.05) is 6.20 Å². The van der Waals surface area contributed by atoms with Gasteiger partial charge in [-0.1, -0.05) is 45.4 Å². The third-order valence-electron chi connectivity index (χ3n) is 11.6. The van der Waals surface area contributed by atoms with Crippen molar-refractivity contribution in [3.63, 3.8) is 0 Å². The first-order chi connectivity index (χ1) is 16.2. The van der Waals surface area contributed by atoms with E-state index < -0.39 is 11.7 Å². The zero-order valence-corrected chi connectivity index (χ0v) is 22.0. The summed E-state index contributed by atoms with van der Waals surface area (Å²) < 4.78 is 0. The van der Waals surface area contributed by atoms with Gasteiger partial charge in [0.15, 0.2) is 0 Å². The number of rotatable bonds is 6. The molecule has 0 bridgehead atoms. The summed E-state index contributed by atoms with van der Waals surface area (Å²) in [7, 11) is 0. The molecule has 4 aliphatic rings. The maximum Gasteiger partial charge on any atom is 0.0959 e. The smallest absolute Gasteiger partial charge is 0.0959 e. The fourth-order valence-electron chi connectivity index (χ4n) is 9.33. The minimum Gasteiger partial charge on any atom is -0.390 e. The van der Waals surface area contributed by atoms with E-state index in [4.69, 9.17) is 0 Å². The molecule has 34 heavy (non-hydrogen) atoms. The summed E-state index contributed by atoms with van der Waals surface area (Å²) in [5.41, 5.74) is 2.68. The summed E-state index contributed by atoms with van der Waals surface area (Å²) in [6, 6.07) is 5.83. The Hall–Kier alpha value is -1.19. The number of aromatic nitrogens is 1. The van der Waals surface area contributed by atoms with E-state index in [1.165, 1.54) is 38.5 Å². The van der Waals surface area contributed by atoms with Crippen molar-refractivity contribution in [2.45, 2.75) is 110 Å². The van der Waals surface area contributed by atoms with Gasteiger partial charge in [0.25, 0.3) is 0 Å². The van der Waals surface area contributed by atoms with Crippen molar-refractivity contribution in [3.8, 4) is 0 Å². The molecule has 0 amide bonds. The summed E-state index contributed by atoms with van der Waals surface area (Å²) >= 11 is 0. The molecule has 0 unspecified atom stereocenters. The van der Waals surface area contributed by atoms with Crippen LogP contribution in [0.4, 0.5) is 0 Å². The van der Waals surface area contributed by atoms with Crippen LogP contribution in [-0.4, -0.2) is 20.8 Å². The highest BCUT2D eigenvalue weighted by Crippen LogP contribution is 2.67. The van der Waals surface area contributed by atoms with E-state index in [2.05, 4.69) is 38.8 Å². The second kappa shape index (κ2) is 9.04. The normalized spacial score (nSPS) is 43.3. The number of allylic oxidation sites excluding steroid dienone is 1. The van der Waals surface area contributed by atoms with Crippen molar-refractivity contribution in [1.29, 1.82) is 0 Å². The Morgan fingerprint density at radius 1 is 1.06 bits per heavy atom. The molecule has 9 atom stereocenters. The Kier molecular flexibility index (Phi) is 6.51. The van der Waals surface area contributed by atoms with Gasteiger partial charge in [-0.2, -0.15) is 0 Å². The quantitative estimate of drug-likeness (QED) is 0.435. The number of fused-ring (bicyclic) bond motifs is 5. The Morgan fingerprint density at radius 3 is 2.62 bits per heavy atom. The zero-order chi connectivity index (χ0) is 24.1. The van der Waals surface area contributed by atoms with E-state index in [1.807, 2.05) is 18.2 Å². The monoisotopic (exact) mass is 465 g/mol. The second-order valence-electron chi connectivity index (χ2n) is 13.1. The van der Waals surface area contributed by atoms with Crippen molar-refractivity contribution in [2.75, 3.05) is 0 Å². The van der Waals surface area contributed by atoms with Gasteiger partial charge in [-0.3, -0.25) is 4.98 Å². The lowest BCUT2D eigenvalue weighted by molar-refractivity contribution is -0.0757. The van der Waals surface area contributed by atoms with E-state index in [9.17, 15) is 10.2 Å². The van der Waals surface area contributed by atoms with Gasteiger partial charge in [-0.05, 0) is 123 Å². The lowest BCUT2D eigenvalue weighted by Crippen LogP contribution is -2.52. The number of aliphatic hydroxyl groups excluding tert-OH is 1. The minimum atomic E-state index is -0.463. The Morgan fingerprint density at radius 2 is 1.88 bits per heavy atom. The number of hydrogen-bond acceptors (Lipinski definition) is 3. The highest BCUT2D eigenvalue weighted by molar-refractivity contribution is 5.27. The molecule has 3 fully saturated rings. The first-order valence-electron chi connectivity index (χ1n) is 14.2. The molecule has 0 radical (unpaired) electrons. The first-order valence-corrected chi connectivity index (χ1v) is 14.2. The van der Waals surface area contributed by atoms with Crippen LogP contribution in [0.5, 0.6) is 0 Å². The molecule has 1 aromatic heterocycles. The highest BCUT2D eigenvalue weighted by atomic mass is 16.3. The number of nitrogens with zero attached hydrogens (tertiary/aromatic N) is 1. The predicted octanol–water partition coefficient (Wildman–Crippen LogP) is 7.25. The molecule has 0 aliphatic heterocycles. The fourth-order valence-corrected chi connectivity index (χ4v) is 9.33. The molecule has 1 aromatic rings. The molecule has 2 N–H and O–H groups in total. The Bertz CT molecular complexity index is 898. The molecular weight excluding hydrogens is 418 g/mol. The third kappa shape index (κ3) is 3.99. The van der Waals surface area contributed by atoms with Crippen LogP contribution in [0.3, 0.4) is 0 Å². The zero-order valence-electron chi connectivity index (χ0n) is 22.0. The van der Waals surface area contributed by atoms with E-state index in [1.54, 1.807) is 11.8 Å². The van der Waals surface area contributed by atoms with Gasteiger partial charge >= 0.3 is 0 Å². The van der Waals surface area contributed by atoms with Crippen molar-refractivity contribution in [2.24, 2.45) is 40.4 Å². The van der Waals surface area contributed by atoms with Crippen LogP contribution >= 0.6 is 0 Å². The lowest BCUT2D eigenvalue weighted by atomic mass is 9.46. The van der Waals surface area contributed by atoms with Crippen molar-refractivity contribution < 1.29 is 10.2 Å². The summed E-state index contributed by atoms with van der Waals surface area (Å²) in [5.74, 6) is 3.86. The molecule has 5 rings (SSSR count). The van der Waals surface area contributed by atoms with Crippen molar-refractivity contribution in [3.05, 3.63) is 41.7 Å².